The van der Waals surface area contributed by atoms with Crippen molar-refractivity contribution in [1.82, 2.24) is 20.1 Å². The van der Waals surface area contributed by atoms with Crippen LogP contribution in [0.3, 0.4) is 0 Å². The third kappa shape index (κ3) is 4.29. The molecular weight excluding hydrogens is 368 g/mol. The molecule has 4 rings (SSSR count). The van der Waals surface area contributed by atoms with E-state index in [2.05, 4.69) is 27.6 Å². The summed E-state index contributed by atoms with van der Waals surface area (Å²) in [5, 5.41) is 11.0. The van der Waals surface area contributed by atoms with Crippen LogP contribution in [-0.4, -0.2) is 20.7 Å². The number of hydrogen-bond acceptors (Lipinski definition) is 5. The molecule has 0 unspecified atom stereocenters. The molecule has 29 heavy (non-hydrogen) atoms. The van der Waals surface area contributed by atoms with Gasteiger partial charge < -0.3 is 14.3 Å². The highest BCUT2D eigenvalue weighted by molar-refractivity contribution is 5.95. The van der Waals surface area contributed by atoms with E-state index in [1.807, 2.05) is 22.8 Å². The summed E-state index contributed by atoms with van der Waals surface area (Å²) < 4.78 is 7.43. The van der Waals surface area contributed by atoms with Gasteiger partial charge in [0.25, 0.3) is 5.91 Å². The van der Waals surface area contributed by atoms with Gasteiger partial charge >= 0.3 is 5.63 Å². The molecule has 0 radical (unpaired) electrons. The first-order chi connectivity index (χ1) is 14.1. The topological polar surface area (TPSA) is 90.0 Å². The smallest absolute Gasteiger partial charge is 0.349 e. The molecule has 7 nitrogen and oxygen atoms in total. The Labute approximate surface area is 168 Å². The molecule has 0 spiro atoms. The van der Waals surface area contributed by atoms with Crippen LogP contribution in [0.5, 0.6) is 0 Å². The SMILES string of the molecule is Cc1cc(CCCc2ccccc2)oc(=O)c1C(=O)NCc1nnc2n1CCC2. The fourth-order valence-corrected chi connectivity index (χ4v) is 3.77. The van der Waals surface area contributed by atoms with Gasteiger partial charge in [0.1, 0.15) is 17.1 Å². The molecule has 2 aromatic heterocycles. The van der Waals surface area contributed by atoms with Crippen molar-refractivity contribution in [1.29, 1.82) is 0 Å². The summed E-state index contributed by atoms with van der Waals surface area (Å²) in [6, 6.07) is 12.0. The zero-order valence-corrected chi connectivity index (χ0v) is 16.5. The molecule has 0 aliphatic carbocycles. The highest BCUT2D eigenvalue weighted by atomic mass is 16.4. The maximum atomic E-state index is 12.6. The van der Waals surface area contributed by atoms with Crippen LogP contribution in [-0.2, 0) is 32.4 Å². The van der Waals surface area contributed by atoms with Gasteiger partial charge in [-0.1, -0.05) is 30.3 Å². The summed E-state index contributed by atoms with van der Waals surface area (Å²) in [6.45, 7) is 2.87. The molecular formula is C22H24N4O3. The molecule has 0 saturated carbocycles. The van der Waals surface area contributed by atoms with Gasteiger partial charge in [0.05, 0.1) is 6.54 Å². The van der Waals surface area contributed by atoms with E-state index in [1.54, 1.807) is 13.0 Å². The van der Waals surface area contributed by atoms with E-state index in [0.717, 1.165) is 38.1 Å². The second-order valence-corrected chi connectivity index (χ2v) is 7.37. The summed E-state index contributed by atoms with van der Waals surface area (Å²) in [5.74, 6) is 1.83. The molecule has 0 atom stereocenters. The number of hydrogen-bond donors (Lipinski definition) is 1. The molecule has 0 fully saturated rings. The minimum atomic E-state index is -0.594. The summed E-state index contributed by atoms with van der Waals surface area (Å²) >= 11 is 0. The molecule has 1 amide bonds. The van der Waals surface area contributed by atoms with Crippen LogP contribution in [0, 0.1) is 6.92 Å². The van der Waals surface area contributed by atoms with Crippen LogP contribution >= 0.6 is 0 Å². The van der Waals surface area contributed by atoms with E-state index in [9.17, 15) is 9.59 Å². The summed E-state index contributed by atoms with van der Waals surface area (Å²) in [5.41, 5.74) is 1.34. The molecule has 1 aromatic carbocycles. The van der Waals surface area contributed by atoms with E-state index in [1.165, 1.54) is 5.56 Å². The van der Waals surface area contributed by atoms with E-state index >= 15 is 0 Å². The zero-order valence-electron chi connectivity index (χ0n) is 16.5. The second-order valence-electron chi connectivity index (χ2n) is 7.37. The minimum absolute atomic E-state index is 0.0537. The molecule has 0 bridgehead atoms. The zero-order chi connectivity index (χ0) is 20.2. The number of nitrogens with zero attached hydrogens (tertiary/aromatic N) is 3. The predicted octanol–water partition coefficient (Wildman–Crippen LogP) is 2.59. The maximum absolute atomic E-state index is 12.6. The fourth-order valence-electron chi connectivity index (χ4n) is 3.77. The third-order valence-corrected chi connectivity index (χ3v) is 5.25. The molecule has 1 N–H and O–H groups in total. The number of benzene rings is 1. The number of carbonyl (C=O) groups excluding carboxylic acids is 1. The highest BCUT2D eigenvalue weighted by Crippen LogP contribution is 2.14. The Morgan fingerprint density at radius 3 is 2.83 bits per heavy atom. The third-order valence-electron chi connectivity index (χ3n) is 5.25. The van der Waals surface area contributed by atoms with Crippen molar-refractivity contribution >= 4 is 5.91 Å². The Kier molecular flexibility index (Phi) is 5.55. The Morgan fingerprint density at radius 2 is 2.03 bits per heavy atom. The van der Waals surface area contributed by atoms with E-state index in [4.69, 9.17) is 4.42 Å². The number of rotatable bonds is 7. The molecule has 3 heterocycles. The van der Waals surface area contributed by atoms with Crippen LogP contribution in [0.15, 0.2) is 45.6 Å². The summed E-state index contributed by atoms with van der Waals surface area (Å²) in [6.07, 6.45) is 4.39. The number of fused-ring (bicyclic) bond motifs is 1. The lowest BCUT2D eigenvalue weighted by Gasteiger charge is -2.08. The molecule has 150 valence electrons. The average molecular weight is 392 g/mol. The van der Waals surface area contributed by atoms with Gasteiger partial charge in [0, 0.05) is 19.4 Å². The van der Waals surface area contributed by atoms with Crippen LogP contribution in [0.1, 0.15) is 51.7 Å². The van der Waals surface area contributed by atoms with Crippen LogP contribution in [0.2, 0.25) is 0 Å². The molecule has 1 aliphatic heterocycles. The first-order valence-corrected chi connectivity index (χ1v) is 9.98. The molecule has 0 saturated heterocycles. The van der Waals surface area contributed by atoms with Crippen molar-refractivity contribution in [2.45, 2.75) is 52.1 Å². The fraction of sp³-hybridized carbons (Fsp3) is 0.364. The van der Waals surface area contributed by atoms with Crippen molar-refractivity contribution in [2.75, 3.05) is 0 Å². The van der Waals surface area contributed by atoms with Gasteiger partial charge in [-0.05, 0) is 43.4 Å². The molecule has 1 aliphatic rings. The summed E-state index contributed by atoms with van der Waals surface area (Å²) in [4.78, 5) is 25.0. The largest absolute Gasteiger partial charge is 0.427 e. The number of nitrogens with one attached hydrogen (secondary N) is 1. The number of aromatic nitrogens is 3. The lowest BCUT2D eigenvalue weighted by Crippen LogP contribution is -2.30. The van der Waals surface area contributed by atoms with Crippen LogP contribution in [0.25, 0.3) is 0 Å². The maximum Gasteiger partial charge on any atom is 0.349 e. The molecule has 3 aromatic rings. The molecule has 7 heteroatoms. The van der Waals surface area contributed by atoms with E-state index < -0.39 is 11.5 Å². The van der Waals surface area contributed by atoms with Crippen LogP contribution < -0.4 is 10.9 Å². The van der Waals surface area contributed by atoms with Gasteiger partial charge in [-0.15, -0.1) is 10.2 Å². The normalized spacial score (nSPS) is 12.7. The van der Waals surface area contributed by atoms with Crippen LogP contribution in [0.4, 0.5) is 0 Å². The van der Waals surface area contributed by atoms with Crippen molar-refractivity contribution < 1.29 is 9.21 Å². The van der Waals surface area contributed by atoms with Crippen molar-refractivity contribution in [3.63, 3.8) is 0 Å². The lowest BCUT2D eigenvalue weighted by molar-refractivity contribution is 0.0944. The number of carbonyl (C=O) groups is 1. The number of amides is 1. The van der Waals surface area contributed by atoms with Gasteiger partial charge in [-0.3, -0.25) is 4.79 Å². The Balaban J connectivity index is 1.38. The first-order valence-electron chi connectivity index (χ1n) is 9.98. The Hall–Kier alpha value is -3.22. The Morgan fingerprint density at radius 1 is 1.21 bits per heavy atom. The van der Waals surface area contributed by atoms with Crippen molar-refractivity contribution in [3.8, 4) is 0 Å². The second kappa shape index (κ2) is 8.43. The van der Waals surface area contributed by atoms with E-state index in [0.29, 0.717) is 23.6 Å². The van der Waals surface area contributed by atoms with Crippen molar-refractivity contribution in [3.05, 3.63) is 80.9 Å². The quantitative estimate of drug-likeness (QED) is 0.667. The van der Waals surface area contributed by atoms with Gasteiger partial charge in [0.2, 0.25) is 0 Å². The highest BCUT2D eigenvalue weighted by Gasteiger charge is 2.20. The first kappa shape index (κ1) is 19.1. The average Bonchev–Trinajstić information content (AvgIpc) is 3.31. The van der Waals surface area contributed by atoms with Gasteiger partial charge in [0.15, 0.2) is 5.82 Å². The number of aryl methyl sites for hydroxylation is 4. The standard InChI is InChI=1S/C22H24N4O3/c1-15-13-17(10-5-9-16-7-3-2-4-8-16)29-22(28)20(15)21(27)23-14-19-25-24-18-11-6-12-26(18)19/h2-4,7-8,13H,5-6,9-12,14H2,1H3,(H,23,27). The van der Waals surface area contributed by atoms with Gasteiger partial charge in [-0.2, -0.15) is 0 Å². The predicted molar refractivity (Wildman–Crippen MR) is 108 cm³/mol. The van der Waals surface area contributed by atoms with E-state index in [-0.39, 0.29) is 12.1 Å². The monoisotopic (exact) mass is 392 g/mol. The lowest BCUT2D eigenvalue weighted by atomic mass is 10.1. The Bertz CT molecular complexity index is 1070. The minimum Gasteiger partial charge on any atom is -0.427 e. The van der Waals surface area contributed by atoms with Crippen molar-refractivity contribution in [2.24, 2.45) is 0 Å². The van der Waals surface area contributed by atoms with Gasteiger partial charge in [-0.25, -0.2) is 4.79 Å². The summed E-state index contributed by atoms with van der Waals surface area (Å²) in [7, 11) is 0.